The number of aromatic nitrogens is 1. The molecule has 0 saturated carbocycles. The summed E-state index contributed by atoms with van der Waals surface area (Å²) in [6.07, 6.45) is 0.0872. The van der Waals surface area contributed by atoms with Crippen molar-refractivity contribution in [3.63, 3.8) is 0 Å². The second-order valence-electron chi connectivity index (χ2n) is 4.63. The molecular weight excluding hydrogens is 308 g/mol. The zero-order valence-corrected chi connectivity index (χ0v) is 13.2. The number of halogens is 1. The molecule has 1 heterocycles. The average molecular weight is 325 g/mol. The van der Waals surface area contributed by atoms with E-state index >= 15 is 0 Å². The van der Waals surface area contributed by atoms with Crippen LogP contribution in [0.4, 0.5) is 0 Å². The van der Waals surface area contributed by atoms with E-state index in [-0.39, 0.29) is 12.3 Å². The number of amides is 1. The van der Waals surface area contributed by atoms with Gasteiger partial charge in [-0.3, -0.25) is 4.79 Å². The minimum atomic E-state index is -0.830. The highest BCUT2D eigenvalue weighted by molar-refractivity contribution is 7.09. The van der Waals surface area contributed by atoms with Crippen LogP contribution < -0.4 is 5.32 Å². The van der Waals surface area contributed by atoms with Gasteiger partial charge in [-0.05, 0) is 24.1 Å². The normalized spacial score (nSPS) is 12.1. The van der Waals surface area contributed by atoms with Crippen molar-refractivity contribution in [1.29, 1.82) is 0 Å². The number of benzene rings is 1. The fraction of sp³-hybridized carbons (Fsp3) is 0.333. The molecule has 1 aromatic heterocycles. The zero-order valence-electron chi connectivity index (χ0n) is 11.7. The predicted molar refractivity (Wildman–Crippen MR) is 84.4 cm³/mol. The van der Waals surface area contributed by atoms with Gasteiger partial charge < -0.3 is 10.4 Å². The Morgan fingerprint density at radius 1 is 1.43 bits per heavy atom. The van der Waals surface area contributed by atoms with E-state index in [0.717, 1.165) is 17.1 Å². The van der Waals surface area contributed by atoms with Crippen LogP contribution in [0.15, 0.2) is 29.6 Å². The first kappa shape index (κ1) is 15.9. The van der Waals surface area contributed by atoms with Crippen molar-refractivity contribution >= 4 is 28.8 Å². The summed E-state index contributed by atoms with van der Waals surface area (Å²) in [5.41, 5.74) is 1.53. The average Bonchev–Trinajstić information content (AvgIpc) is 2.94. The molecule has 6 heteroatoms. The lowest BCUT2D eigenvalue weighted by Gasteiger charge is -2.11. The smallest absolute Gasteiger partial charge is 0.223 e. The first-order chi connectivity index (χ1) is 10.1. The second-order valence-corrected chi connectivity index (χ2v) is 6.01. The Bertz CT molecular complexity index is 598. The summed E-state index contributed by atoms with van der Waals surface area (Å²) in [4.78, 5) is 16.2. The molecule has 1 unspecified atom stereocenters. The van der Waals surface area contributed by atoms with Crippen LogP contribution in [0.2, 0.25) is 5.02 Å². The van der Waals surface area contributed by atoms with Crippen LogP contribution in [0, 0.1) is 0 Å². The summed E-state index contributed by atoms with van der Waals surface area (Å²) < 4.78 is 0. The predicted octanol–water partition coefficient (Wildman–Crippen LogP) is 3.10. The Labute approximate surface area is 132 Å². The number of carbonyl (C=O) groups is 1. The van der Waals surface area contributed by atoms with Crippen LogP contribution in [0.3, 0.4) is 0 Å². The summed E-state index contributed by atoms with van der Waals surface area (Å²) in [6, 6.07) is 6.82. The second kappa shape index (κ2) is 7.54. The lowest BCUT2D eigenvalue weighted by Crippen LogP contribution is -2.24. The van der Waals surface area contributed by atoms with Gasteiger partial charge in [0.05, 0.1) is 29.8 Å². The van der Waals surface area contributed by atoms with Gasteiger partial charge >= 0.3 is 0 Å². The van der Waals surface area contributed by atoms with E-state index in [9.17, 15) is 9.90 Å². The number of rotatable bonds is 6. The van der Waals surface area contributed by atoms with E-state index in [2.05, 4.69) is 10.3 Å². The molecule has 2 aromatic rings. The van der Waals surface area contributed by atoms with Gasteiger partial charge in [0.15, 0.2) is 0 Å². The summed E-state index contributed by atoms with van der Waals surface area (Å²) >= 11 is 7.38. The highest BCUT2D eigenvalue weighted by Crippen LogP contribution is 2.19. The van der Waals surface area contributed by atoms with E-state index in [1.165, 1.54) is 0 Å². The summed E-state index contributed by atoms with van der Waals surface area (Å²) in [5, 5.41) is 16.4. The number of hydrogen-bond acceptors (Lipinski definition) is 4. The van der Waals surface area contributed by atoms with Gasteiger partial charge in [-0.15, -0.1) is 11.3 Å². The molecule has 0 aliphatic rings. The maximum absolute atomic E-state index is 11.8. The fourth-order valence-electron chi connectivity index (χ4n) is 1.83. The Morgan fingerprint density at radius 3 is 2.76 bits per heavy atom. The molecule has 1 aromatic carbocycles. The molecule has 2 N–H and O–H groups in total. The number of aliphatic hydroxyl groups excluding tert-OH is 1. The molecule has 0 spiro atoms. The van der Waals surface area contributed by atoms with Gasteiger partial charge in [-0.1, -0.05) is 30.7 Å². The number of aliphatic hydroxyl groups is 1. The fourth-order valence-corrected chi connectivity index (χ4v) is 2.70. The van der Waals surface area contributed by atoms with E-state index in [1.54, 1.807) is 35.6 Å². The SMILES string of the molecule is CCc1nc(CNC(=O)CC(O)c2ccc(Cl)cc2)cs1. The van der Waals surface area contributed by atoms with Crippen LogP contribution in [-0.2, 0) is 17.8 Å². The maximum atomic E-state index is 11.8. The maximum Gasteiger partial charge on any atom is 0.223 e. The first-order valence-electron chi connectivity index (χ1n) is 6.72. The van der Waals surface area contributed by atoms with Crippen molar-refractivity contribution < 1.29 is 9.90 Å². The number of hydrogen-bond donors (Lipinski definition) is 2. The van der Waals surface area contributed by atoms with Crippen LogP contribution in [0.5, 0.6) is 0 Å². The number of nitrogens with zero attached hydrogens (tertiary/aromatic N) is 1. The largest absolute Gasteiger partial charge is 0.388 e. The number of thiazole rings is 1. The topological polar surface area (TPSA) is 62.2 Å². The van der Waals surface area contributed by atoms with Crippen molar-refractivity contribution in [3.05, 3.63) is 50.9 Å². The molecule has 0 radical (unpaired) electrons. The number of aryl methyl sites for hydroxylation is 1. The Hall–Kier alpha value is -1.43. The molecule has 0 saturated heterocycles. The Morgan fingerprint density at radius 2 is 2.14 bits per heavy atom. The summed E-state index contributed by atoms with van der Waals surface area (Å²) in [5.74, 6) is -0.205. The third-order valence-electron chi connectivity index (χ3n) is 3.00. The third kappa shape index (κ3) is 4.81. The van der Waals surface area contributed by atoms with Gasteiger partial charge in [0.2, 0.25) is 5.91 Å². The molecule has 1 amide bonds. The molecule has 112 valence electrons. The van der Waals surface area contributed by atoms with Gasteiger partial charge in [-0.25, -0.2) is 4.98 Å². The van der Waals surface area contributed by atoms with E-state index < -0.39 is 6.10 Å². The highest BCUT2D eigenvalue weighted by Gasteiger charge is 2.13. The van der Waals surface area contributed by atoms with Gasteiger partial charge in [-0.2, -0.15) is 0 Å². The minimum Gasteiger partial charge on any atom is -0.388 e. The summed E-state index contributed by atoms with van der Waals surface area (Å²) in [7, 11) is 0. The molecule has 2 rings (SSSR count). The van der Waals surface area contributed by atoms with Crippen molar-refractivity contribution in [2.75, 3.05) is 0 Å². The van der Waals surface area contributed by atoms with Crippen LogP contribution in [-0.4, -0.2) is 16.0 Å². The molecule has 4 nitrogen and oxygen atoms in total. The van der Waals surface area contributed by atoms with E-state index in [1.807, 2.05) is 12.3 Å². The monoisotopic (exact) mass is 324 g/mol. The number of nitrogens with one attached hydrogen (secondary N) is 1. The van der Waals surface area contributed by atoms with Gasteiger partial charge in [0.1, 0.15) is 0 Å². The Balaban J connectivity index is 1.82. The van der Waals surface area contributed by atoms with E-state index in [4.69, 9.17) is 11.6 Å². The molecule has 1 atom stereocenters. The standard InChI is InChI=1S/C15H17ClN2O2S/c1-2-15-18-12(9-21-15)8-17-14(20)7-13(19)10-3-5-11(16)6-4-10/h3-6,9,13,19H,2,7-8H2,1H3,(H,17,20). The Kier molecular flexibility index (Phi) is 5.73. The van der Waals surface area contributed by atoms with Crippen molar-refractivity contribution in [2.45, 2.75) is 32.4 Å². The summed E-state index contributed by atoms with van der Waals surface area (Å²) in [6.45, 7) is 2.44. The molecule has 0 bridgehead atoms. The number of carbonyl (C=O) groups excluding carboxylic acids is 1. The van der Waals surface area contributed by atoms with Crippen LogP contribution in [0.25, 0.3) is 0 Å². The van der Waals surface area contributed by atoms with E-state index in [0.29, 0.717) is 17.1 Å². The van der Waals surface area contributed by atoms with Crippen molar-refractivity contribution in [2.24, 2.45) is 0 Å². The minimum absolute atomic E-state index is 0.0202. The quantitative estimate of drug-likeness (QED) is 0.858. The van der Waals surface area contributed by atoms with Crippen molar-refractivity contribution in [1.82, 2.24) is 10.3 Å². The van der Waals surface area contributed by atoms with Crippen LogP contribution >= 0.6 is 22.9 Å². The highest BCUT2D eigenvalue weighted by atomic mass is 35.5. The third-order valence-corrected chi connectivity index (χ3v) is 4.30. The van der Waals surface area contributed by atoms with Gasteiger partial charge in [0, 0.05) is 10.4 Å². The molecular formula is C15H17ClN2O2S. The molecule has 0 aliphatic carbocycles. The molecule has 21 heavy (non-hydrogen) atoms. The van der Waals surface area contributed by atoms with Gasteiger partial charge in [0.25, 0.3) is 0 Å². The molecule has 0 aliphatic heterocycles. The zero-order chi connectivity index (χ0) is 15.2. The van der Waals surface area contributed by atoms with Crippen LogP contribution in [0.1, 0.15) is 35.7 Å². The molecule has 0 fully saturated rings. The first-order valence-corrected chi connectivity index (χ1v) is 7.97. The van der Waals surface area contributed by atoms with Crippen molar-refractivity contribution in [3.8, 4) is 0 Å². The lowest BCUT2D eigenvalue weighted by molar-refractivity contribution is -0.123. The lowest BCUT2D eigenvalue weighted by atomic mass is 10.1.